The largest absolute Gasteiger partial charge is 0.483 e. The number of nitrogens with zero attached hydrogens (tertiary/aromatic N) is 1. The standard InChI is InChI=1S/C24H16BrCl2F3N4O4/c25-14-4-6-19(18(9-14)24(28,29)30)33-21(35)12-38-20-7-5-16(27)8-13(20)11-31-34-23(37)22(36)32-17-3-1-2-15(26)10-17/h1-11H,12H2,(H,32,36)(H,33,35)(H,34,37)/b31-11-. The Balaban J connectivity index is 1.62. The van der Waals surface area contributed by atoms with Gasteiger partial charge in [0.1, 0.15) is 5.75 Å². The van der Waals surface area contributed by atoms with Crippen LogP contribution in [0.1, 0.15) is 11.1 Å². The molecule has 3 rings (SSSR count). The first kappa shape index (κ1) is 29.0. The highest BCUT2D eigenvalue weighted by molar-refractivity contribution is 9.10. The van der Waals surface area contributed by atoms with E-state index in [1.165, 1.54) is 36.4 Å². The van der Waals surface area contributed by atoms with E-state index in [9.17, 15) is 27.6 Å². The van der Waals surface area contributed by atoms with Crippen molar-refractivity contribution >= 4 is 74.4 Å². The minimum absolute atomic E-state index is 0.0813. The number of ether oxygens (including phenoxy) is 1. The summed E-state index contributed by atoms with van der Waals surface area (Å²) in [5.74, 6) is -2.87. The Morgan fingerprint density at radius 2 is 1.68 bits per heavy atom. The zero-order valence-corrected chi connectivity index (χ0v) is 22.0. The SMILES string of the molecule is O=C(COc1ccc(Cl)cc1/C=N\NC(=O)C(=O)Nc1cccc(Cl)c1)Nc1ccc(Br)cc1C(F)(F)F. The number of halogens is 6. The molecular weight excluding hydrogens is 616 g/mol. The summed E-state index contributed by atoms with van der Waals surface area (Å²) in [6, 6.07) is 13.7. The number of rotatable bonds is 7. The van der Waals surface area contributed by atoms with E-state index in [-0.39, 0.29) is 20.8 Å². The van der Waals surface area contributed by atoms with Gasteiger partial charge in [-0.25, -0.2) is 5.43 Å². The van der Waals surface area contributed by atoms with Crippen molar-refractivity contribution in [3.63, 3.8) is 0 Å². The van der Waals surface area contributed by atoms with Crippen LogP contribution in [0.4, 0.5) is 24.5 Å². The maximum atomic E-state index is 13.3. The fourth-order valence-corrected chi connectivity index (χ4v) is 3.64. The van der Waals surface area contributed by atoms with Gasteiger partial charge in [-0.2, -0.15) is 18.3 Å². The Hall–Kier alpha value is -3.61. The summed E-state index contributed by atoms with van der Waals surface area (Å²) in [5, 5.41) is 8.82. The van der Waals surface area contributed by atoms with Gasteiger partial charge in [-0.15, -0.1) is 0 Å². The third-order valence-corrected chi connectivity index (χ3v) is 5.51. The lowest BCUT2D eigenvalue weighted by molar-refractivity contribution is -0.137. The number of hydrogen-bond donors (Lipinski definition) is 3. The molecule has 0 aromatic heterocycles. The number of carbonyl (C=O) groups excluding carboxylic acids is 3. The van der Waals surface area contributed by atoms with Crippen LogP contribution in [-0.2, 0) is 20.6 Å². The molecule has 0 aliphatic carbocycles. The summed E-state index contributed by atoms with van der Waals surface area (Å²) < 4.78 is 45.4. The van der Waals surface area contributed by atoms with Crippen molar-refractivity contribution in [1.29, 1.82) is 0 Å². The van der Waals surface area contributed by atoms with E-state index < -0.39 is 41.8 Å². The molecule has 3 N–H and O–H groups in total. The van der Waals surface area contributed by atoms with Gasteiger partial charge in [0, 0.05) is 25.8 Å². The van der Waals surface area contributed by atoms with Crippen LogP contribution in [0.3, 0.4) is 0 Å². The van der Waals surface area contributed by atoms with Crippen molar-refractivity contribution in [3.8, 4) is 5.75 Å². The van der Waals surface area contributed by atoms with Gasteiger partial charge in [0.05, 0.1) is 17.5 Å². The van der Waals surface area contributed by atoms with Crippen LogP contribution in [0.5, 0.6) is 5.75 Å². The van der Waals surface area contributed by atoms with Crippen molar-refractivity contribution in [2.45, 2.75) is 6.18 Å². The highest BCUT2D eigenvalue weighted by Crippen LogP contribution is 2.36. The Kier molecular flexibility index (Phi) is 9.72. The zero-order chi connectivity index (χ0) is 27.9. The molecule has 3 aromatic rings. The molecule has 0 spiro atoms. The van der Waals surface area contributed by atoms with Crippen LogP contribution in [0.25, 0.3) is 0 Å². The predicted molar refractivity (Wildman–Crippen MR) is 141 cm³/mol. The van der Waals surface area contributed by atoms with Crippen LogP contribution in [-0.4, -0.2) is 30.5 Å². The van der Waals surface area contributed by atoms with Crippen LogP contribution in [0, 0.1) is 0 Å². The summed E-state index contributed by atoms with van der Waals surface area (Å²) >= 11 is 14.8. The number of alkyl halides is 3. The number of carbonyl (C=O) groups is 3. The number of hydrazone groups is 1. The number of benzene rings is 3. The fraction of sp³-hybridized carbons (Fsp3) is 0.0833. The molecule has 0 atom stereocenters. The molecule has 3 aromatic carbocycles. The predicted octanol–water partition coefficient (Wildman–Crippen LogP) is 5.88. The van der Waals surface area contributed by atoms with Gasteiger partial charge < -0.3 is 15.4 Å². The van der Waals surface area contributed by atoms with Crippen molar-refractivity contribution in [2.24, 2.45) is 5.10 Å². The topological polar surface area (TPSA) is 109 Å². The molecule has 3 amide bonds. The van der Waals surface area contributed by atoms with Crippen LogP contribution >= 0.6 is 39.1 Å². The van der Waals surface area contributed by atoms with Gasteiger partial charge in [0.25, 0.3) is 5.91 Å². The van der Waals surface area contributed by atoms with Gasteiger partial charge in [-0.3, -0.25) is 14.4 Å². The second kappa shape index (κ2) is 12.8. The van der Waals surface area contributed by atoms with Gasteiger partial charge in [-0.1, -0.05) is 45.2 Å². The molecule has 0 fully saturated rings. The molecule has 38 heavy (non-hydrogen) atoms. The number of amides is 3. The third-order valence-electron chi connectivity index (χ3n) is 4.55. The van der Waals surface area contributed by atoms with E-state index in [4.69, 9.17) is 27.9 Å². The molecule has 0 bridgehead atoms. The number of anilines is 2. The molecule has 0 unspecified atom stereocenters. The van der Waals surface area contributed by atoms with Gasteiger partial charge >= 0.3 is 18.0 Å². The first-order chi connectivity index (χ1) is 17.9. The molecule has 0 radical (unpaired) electrons. The summed E-state index contributed by atoms with van der Waals surface area (Å²) in [6.45, 7) is -0.649. The smallest absolute Gasteiger partial charge is 0.418 e. The molecule has 0 heterocycles. The first-order valence-electron chi connectivity index (χ1n) is 10.4. The van der Waals surface area contributed by atoms with Crippen molar-refractivity contribution < 1.29 is 32.3 Å². The lowest BCUT2D eigenvalue weighted by Gasteiger charge is -2.15. The molecule has 8 nitrogen and oxygen atoms in total. The Bertz CT molecular complexity index is 1400. The van der Waals surface area contributed by atoms with Crippen molar-refractivity contribution in [2.75, 3.05) is 17.2 Å². The van der Waals surface area contributed by atoms with E-state index in [0.717, 1.165) is 18.3 Å². The molecular formula is C24H16BrCl2F3N4O4. The Morgan fingerprint density at radius 3 is 2.39 bits per heavy atom. The lowest BCUT2D eigenvalue weighted by Crippen LogP contribution is -2.32. The Morgan fingerprint density at radius 1 is 0.947 bits per heavy atom. The van der Waals surface area contributed by atoms with Gasteiger partial charge in [-0.05, 0) is 54.6 Å². The second-order valence-electron chi connectivity index (χ2n) is 7.37. The van der Waals surface area contributed by atoms with E-state index >= 15 is 0 Å². The minimum atomic E-state index is -4.69. The third kappa shape index (κ3) is 8.47. The highest BCUT2D eigenvalue weighted by atomic mass is 79.9. The van der Waals surface area contributed by atoms with E-state index in [2.05, 4.69) is 31.7 Å². The average molecular weight is 632 g/mol. The van der Waals surface area contributed by atoms with Crippen LogP contribution in [0.15, 0.2) is 70.2 Å². The molecule has 0 saturated heterocycles. The molecule has 198 valence electrons. The van der Waals surface area contributed by atoms with Crippen LogP contribution < -0.4 is 20.8 Å². The lowest BCUT2D eigenvalue weighted by atomic mass is 10.1. The first-order valence-corrected chi connectivity index (χ1v) is 12.0. The van der Waals surface area contributed by atoms with E-state index in [1.807, 2.05) is 5.43 Å². The average Bonchev–Trinajstić information content (AvgIpc) is 2.84. The molecule has 0 aliphatic heterocycles. The summed E-state index contributed by atoms with van der Waals surface area (Å²) in [4.78, 5) is 36.3. The summed E-state index contributed by atoms with van der Waals surface area (Å²) in [5.41, 5.74) is 1.07. The monoisotopic (exact) mass is 630 g/mol. The number of hydrogen-bond acceptors (Lipinski definition) is 5. The maximum Gasteiger partial charge on any atom is 0.418 e. The van der Waals surface area contributed by atoms with Gasteiger partial charge in [0.2, 0.25) is 0 Å². The normalized spacial score (nSPS) is 11.2. The molecule has 14 heteroatoms. The highest BCUT2D eigenvalue weighted by Gasteiger charge is 2.34. The van der Waals surface area contributed by atoms with Crippen molar-refractivity contribution in [1.82, 2.24) is 5.43 Å². The quantitative estimate of drug-likeness (QED) is 0.172. The summed E-state index contributed by atoms with van der Waals surface area (Å²) in [7, 11) is 0. The minimum Gasteiger partial charge on any atom is -0.483 e. The van der Waals surface area contributed by atoms with E-state index in [0.29, 0.717) is 10.7 Å². The summed E-state index contributed by atoms with van der Waals surface area (Å²) in [6.07, 6.45) is -3.58. The van der Waals surface area contributed by atoms with E-state index in [1.54, 1.807) is 12.1 Å². The molecule has 0 aliphatic rings. The number of nitrogens with one attached hydrogen (secondary N) is 3. The van der Waals surface area contributed by atoms with Crippen LogP contribution in [0.2, 0.25) is 10.0 Å². The second-order valence-corrected chi connectivity index (χ2v) is 9.16. The Labute approximate surface area is 232 Å². The van der Waals surface area contributed by atoms with Crippen molar-refractivity contribution in [3.05, 3.63) is 86.3 Å². The zero-order valence-electron chi connectivity index (χ0n) is 18.9. The fourth-order valence-electron chi connectivity index (χ4n) is 2.91. The molecule has 0 saturated carbocycles. The van der Waals surface area contributed by atoms with Gasteiger partial charge in [0.15, 0.2) is 6.61 Å². The maximum absolute atomic E-state index is 13.3.